The van der Waals surface area contributed by atoms with Crippen molar-refractivity contribution in [3.63, 3.8) is 0 Å². The van der Waals surface area contributed by atoms with Crippen LogP contribution in [0.25, 0.3) is 0 Å². The third kappa shape index (κ3) is 6.77. The van der Waals surface area contributed by atoms with Crippen LogP contribution in [0.1, 0.15) is 44.7 Å². The summed E-state index contributed by atoms with van der Waals surface area (Å²) in [5, 5.41) is 2.78. The number of ether oxygens (including phenoxy) is 1. The van der Waals surface area contributed by atoms with Gasteiger partial charge < -0.3 is 15.0 Å². The standard InChI is InChI=1S/C19H25F3N2O3/c1-18(2,3)27-17(26)23-15-7-9-24(10-8-15)16(25)12-13-5-4-6-14(11-13)19(20,21)22/h4-6,11,15H,7-10,12H2,1-3H3,(H,23,26). The van der Waals surface area contributed by atoms with Crippen LogP contribution in [0.2, 0.25) is 0 Å². The molecule has 1 aliphatic heterocycles. The highest BCUT2D eigenvalue weighted by molar-refractivity contribution is 5.79. The van der Waals surface area contributed by atoms with Gasteiger partial charge in [-0.3, -0.25) is 4.79 Å². The van der Waals surface area contributed by atoms with Crippen LogP contribution in [0.4, 0.5) is 18.0 Å². The van der Waals surface area contributed by atoms with Crippen LogP contribution < -0.4 is 5.32 Å². The summed E-state index contributed by atoms with van der Waals surface area (Å²) in [6, 6.07) is 4.74. The van der Waals surface area contributed by atoms with Gasteiger partial charge in [0.05, 0.1) is 12.0 Å². The number of alkyl carbamates (subject to hydrolysis) is 1. The Morgan fingerprint density at radius 2 is 1.81 bits per heavy atom. The summed E-state index contributed by atoms with van der Waals surface area (Å²) in [4.78, 5) is 25.8. The second-order valence-corrected chi connectivity index (χ2v) is 7.68. The highest BCUT2D eigenvalue weighted by Gasteiger charge is 2.31. The van der Waals surface area contributed by atoms with Gasteiger partial charge in [0.2, 0.25) is 5.91 Å². The first-order valence-corrected chi connectivity index (χ1v) is 8.87. The molecule has 0 aromatic heterocycles. The summed E-state index contributed by atoms with van der Waals surface area (Å²) in [5.74, 6) is -0.218. The Labute approximate surface area is 156 Å². The Hall–Kier alpha value is -2.25. The molecule has 2 rings (SSSR count). The van der Waals surface area contributed by atoms with Crippen molar-refractivity contribution in [2.75, 3.05) is 13.1 Å². The molecular weight excluding hydrogens is 361 g/mol. The molecule has 1 fully saturated rings. The van der Waals surface area contributed by atoms with Crippen molar-refractivity contribution < 1.29 is 27.5 Å². The number of hydrogen-bond donors (Lipinski definition) is 1. The summed E-state index contributed by atoms with van der Waals surface area (Å²) in [6.45, 7) is 6.22. The fourth-order valence-electron chi connectivity index (χ4n) is 2.89. The number of nitrogens with one attached hydrogen (secondary N) is 1. The SMILES string of the molecule is CC(C)(C)OC(=O)NC1CCN(C(=O)Cc2cccc(C(F)(F)F)c2)CC1. The second-order valence-electron chi connectivity index (χ2n) is 7.68. The van der Waals surface area contributed by atoms with E-state index in [1.54, 1.807) is 25.7 Å². The van der Waals surface area contributed by atoms with E-state index >= 15 is 0 Å². The van der Waals surface area contributed by atoms with Crippen LogP contribution in [-0.2, 0) is 22.1 Å². The zero-order valence-corrected chi connectivity index (χ0v) is 15.7. The Balaban J connectivity index is 1.84. The molecule has 0 radical (unpaired) electrons. The molecule has 5 nitrogen and oxygen atoms in total. The molecule has 1 saturated heterocycles. The molecule has 1 aromatic rings. The van der Waals surface area contributed by atoms with Crippen molar-refractivity contribution >= 4 is 12.0 Å². The first-order chi connectivity index (χ1) is 12.4. The number of amides is 2. The van der Waals surface area contributed by atoms with E-state index in [0.29, 0.717) is 31.5 Å². The molecule has 1 aromatic carbocycles. The van der Waals surface area contributed by atoms with Crippen molar-refractivity contribution in [1.29, 1.82) is 0 Å². The molecule has 0 bridgehead atoms. The van der Waals surface area contributed by atoms with Crippen molar-refractivity contribution in [2.45, 2.75) is 57.9 Å². The van der Waals surface area contributed by atoms with Crippen molar-refractivity contribution in [3.05, 3.63) is 35.4 Å². The topological polar surface area (TPSA) is 58.6 Å². The molecule has 0 unspecified atom stereocenters. The van der Waals surface area contributed by atoms with Gasteiger partial charge in [-0.05, 0) is 45.2 Å². The summed E-state index contributed by atoms with van der Waals surface area (Å²) in [6.07, 6.45) is -3.84. The third-order valence-electron chi connectivity index (χ3n) is 4.18. The number of piperidine rings is 1. The number of likely N-dealkylation sites (tertiary alicyclic amines) is 1. The Bertz CT molecular complexity index is 676. The number of carbonyl (C=O) groups is 2. The molecule has 0 spiro atoms. The smallest absolute Gasteiger partial charge is 0.416 e. The zero-order chi connectivity index (χ0) is 20.2. The van der Waals surface area contributed by atoms with Crippen molar-refractivity contribution in [3.8, 4) is 0 Å². The largest absolute Gasteiger partial charge is 0.444 e. The van der Waals surface area contributed by atoms with E-state index in [9.17, 15) is 22.8 Å². The van der Waals surface area contributed by atoms with Gasteiger partial charge in [-0.25, -0.2) is 4.79 Å². The Kier molecular flexibility index (Phi) is 6.38. The van der Waals surface area contributed by atoms with Gasteiger partial charge in [0.1, 0.15) is 5.60 Å². The number of nitrogens with zero attached hydrogens (tertiary/aromatic N) is 1. The minimum atomic E-state index is -4.43. The number of benzene rings is 1. The maximum absolute atomic E-state index is 12.8. The molecule has 1 aliphatic rings. The first kappa shape index (κ1) is 21.1. The van der Waals surface area contributed by atoms with E-state index in [4.69, 9.17) is 4.74 Å². The van der Waals surface area contributed by atoms with E-state index in [-0.39, 0.29) is 18.4 Å². The maximum atomic E-state index is 12.8. The van der Waals surface area contributed by atoms with Gasteiger partial charge in [-0.1, -0.05) is 18.2 Å². The van der Waals surface area contributed by atoms with Crippen LogP contribution >= 0.6 is 0 Å². The minimum absolute atomic E-state index is 0.0753. The van der Waals surface area contributed by atoms with Gasteiger partial charge in [-0.2, -0.15) is 13.2 Å². The summed E-state index contributed by atoms with van der Waals surface area (Å²) < 4.78 is 43.5. The lowest BCUT2D eigenvalue weighted by Gasteiger charge is -2.33. The number of halogens is 3. The predicted molar refractivity (Wildman–Crippen MR) is 94.1 cm³/mol. The fraction of sp³-hybridized carbons (Fsp3) is 0.579. The van der Waals surface area contributed by atoms with Crippen LogP contribution in [-0.4, -0.2) is 41.6 Å². The average Bonchev–Trinajstić information content (AvgIpc) is 2.53. The lowest BCUT2D eigenvalue weighted by atomic mass is 10.0. The molecule has 2 amide bonds. The van der Waals surface area contributed by atoms with E-state index < -0.39 is 23.4 Å². The summed E-state index contributed by atoms with van der Waals surface area (Å²) in [7, 11) is 0. The van der Waals surface area contributed by atoms with E-state index in [1.165, 1.54) is 12.1 Å². The molecule has 1 heterocycles. The predicted octanol–water partition coefficient (Wildman–Crippen LogP) is 3.76. The molecule has 0 saturated carbocycles. The van der Waals surface area contributed by atoms with E-state index in [2.05, 4.69) is 5.32 Å². The molecule has 150 valence electrons. The minimum Gasteiger partial charge on any atom is -0.444 e. The quantitative estimate of drug-likeness (QED) is 0.861. The van der Waals surface area contributed by atoms with E-state index in [1.807, 2.05) is 0 Å². The molecule has 0 atom stereocenters. The van der Waals surface area contributed by atoms with Gasteiger partial charge in [0, 0.05) is 19.1 Å². The lowest BCUT2D eigenvalue weighted by Crippen LogP contribution is -2.48. The molecule has 1 N–H and O–H groups in total. The Morgan fingerprint density at radius 1 is 1.19 bits per heavy atom. The molecule has 0 aliphatic carbocycles. The maximum Gasteiger partial charge on any atom is 0.416 e. The molecule has 8 heteroatoms. The van der Waals surface area contributed by atoms with Gasteiger partial charge in [0.15, 0.2) is 0 Å². The van der Waals surface area contributed by atoms with Crippen LogP contribution in [0.3, 0.4) is 0 Å². The van der Waals surface area contributed by atoms with E-state index in [0.717, 1.165) is 12.1 Å². The van der Waals surface area contributed by atoms with Gasteiger partial charge in [0.25, 0.3) is 0 Å². The number of carbonyl (C=O) groups excluding carboxylic acids is 2. The molecule has 27 heavy (non-hydrogen) atoms. The lowest BCUT2D eigenvalue weighted by molar-refractivity contribution is -0.138. The average molecular weight is 386 g/mol. The highest BCUT2D eigenvalue weighted by Crippen LogP contribution is 2.29. The second kappa shape index (κ2) is 8.19. The third-order valence-corrected chi connectivity index (χ3v) is 4.18. The molecular formula is C19H25F3N2O3. The highest BCUT2D eigenvalue weighted by atomic mass is 19.4. The van der Waals surface area contributed by atoms with Crippen LogP contribution in [0.15, 0.2) is 24.3 Å². The van der Waals surface area contributed by atoms with Crippen molar-refractivity contribution in [2.24, 2.45) is 0 Å². The zero-order valence-electron chi connectivity index (χ0n) is 15.7. The normalized spacial score (nSPS) is 16.1. The summed E-state index contributed by atoms with van der Waals surface area (Å²) in [5.41, 5.74) is -0.997. The van der Waals surface area contributed by atoms with Gasteiger partial charge in [-0.15, -0.1) is 0 Å². The number of hydrogen-bond acceptors (Lipinski definition) is 3. The monoisotopic (exact) mass is 386 g/mol. The van der Waals surface area contributed by atoms with Crippen LogP contribution in [0, 0.1) is 0 Å². The number of rotatable bonds is 3. The Morgan fingerprint density at radius 3 is 2.37 bits per heavy atom. The number of alkyl halides is 3. The fourth-order valence-corrected chi connectivity index (χ4v) is 2.89. The van der Waals surface area contributed by atoms with Crippen molar-refractivity contribution in [1.82, 2.24) is 10.2 Å². The first-order valence-electron chi connectivity index (χ1n) is 8.87. The van der Waals surface area contributed by atoms with Gasteiger partial charge >= 0.3 is 12.3 Å². The summed E-state index contributed by atoms with van der Waals surface area (Å²) >= 11 is 0. The van der Waals surface area contributed by atoms with Crippen LogP contribution in [0.5, 0.6) is 0 Å².